The first-order chi connectivity index (χ1) is 13.1. The van der Waals surface area contributed by atoms with Gasteiger partial charge in [-0.3, -0.25) is 9.69 Å². The topological polar surface area (TPSA) is 51.7 Å². The molecule has 140 valence electrons. The Kier molecular flexibility index (Phi) is 6.21. The fourth-order valence-electron chi connectivity index (χ4n) is 2.71. The van der Waals surface area contributed by atoms with Crippen molar-refractivity contribution in [2.24, 2.45) is 0 Å². The first kappa shape index (κ1) is 19.1. The van der Waals surface area contributed by atoms with E-state index in [1.54, 1.807) is 19.1 Å². The Labute approximate surface area is 163 Å². The molecule has 0 saturated heterocycles. The van der Waals surface area contributed by atoms with E-state index in [1.807, 2.05) is 60.8 Å². The number of aryl methyl sites for hydroxylation is 1. The molecule has 0 radical (unpaired) electrons. The Morgan fingerprint density at radius 3 is 2.52 bits per heavy atom. The summed E-state index contributed by atoms with van der Waals surface area (Å²) in [6.07, 6.45) is 0. The van der Waals surface area contributed by atoms with Crippen LogP contribution in [0.5, 0.6) is 5.75 Å². The summed E-state index contributed by atoms with van der Waals surface area (Å²) < 4.78 is 10.4. The molecule has 5 nitrogen and oxygen atoms in total. The molecule has 0 N–H and O–H groups in total. The summed E-state index contributed by atoms with van der Waals surface area (Å²) >= 11 is 1.45. The van der Waals surface area contributed by atoms with Gasteiger partial charge in [0, 0.05) is 23.6 Å². The van der Waals surface area contributed by atoms with Gasteiger partial charge in [-0.25, -0.2) is 4.98 Å². The number of carbonyl (C=O) groups is 1. The van der Waals surface area contributed by atoms with Crippen molar-refractivity contribution in [3.05, 3.63) is 65.0 Å². The average molecular weight is 382 g/mol. The van der Waals surface area contributed by atoms with E-state index < -0.39 is 0 Å². The molecule has 0 aliphatic carbocycles. The second kappa shape index (κ2) is 8.79. The first-order valence-corrected chi connectivity index (χ1v) is 9.48. The van der Waals surface area contributed by atoms with Crippen molar-refractivity contribution in [3.8, 4) is 17.0 Å². The third-order valence-corrected chi connectivity index (χ3v) is 5.11. The summed E-state index contributed by atoms with van der Waals surface area (Å²) in [5.74, 6) is 0.728. The summed E-state index contributed by atoms with van der Waals surface area (Å²) in [7, 11) is 3.27. The van der Waals surface area contributed by atoms with Gasteiger partial charge in [0.15, 0.2) is 5.13 Å². The summed E-state index contributed by atoms with van der Waals surface area (Å²) in [4.78, 5) is 19.5. The van der Waals surface area contributed by atoms with E-state index in [9.17, 15) is 4.79 Å². The Morgan fingerprint density at radius 2 is 1.85 bits per heavy atom. The molecular weight excluding hydrogens is 360 g/mol. The lowest BCUT2D eigenvalue weighted by molar-refractivity contribution is 0.0975. The maximum Gasteiger partial charge on any atom is 0.260 e. The number of ether oxygens (including phenoxy) is 2. The molecular formula is C21H22N2O3S. The fraction of sp³-hybridized carbons (Fsp3) is 0.238. The molecule has 6 heteroatoms. The molecule has 1 amide bonds. The van der Waals surface area contributed by atoms with Crippen molar-refractivity contribution in [1.29, 1.82) is 0 Å². The molecule has 0 atom stereocenters. The molecule has 1 heterocycles. The van der Waals surface area contributed by atoms with Crippen molar-refractivity contribution in [3.63, 3.8) is 0 Å². The van der Waals surface area contributed by atoms with Gasteiger partial charge < -0.3 is 9.47 Å². The maximum absolute atomic E-state index is 13.1. The average Bonchev–Trinajstić information content (AvgIpc) is 3.18. The van der Waals surface area contributed by atoms with Crippen LogP contribution in [0, 0.1) is 6.92 Å². The SMILES string of the molecule is COCCN(C(=O)c1ccccc1C)c1nc(-c2ccc(OC)cc2)cs1. The van der Waals surface area contributed by atoms with Gasteiger partial charge in [-0.05, 0) is 42.8 Å². The lowest BCUT2D eigenvalue weighted by Gasteiger charge is -2.20. The standard InChI is InChI=1S/C21H22N2O3S/c1-15-6-4-5-7-18(15)20(24)23(12-13-25-2)21-22-19(14-27-21)16-8-10-17(26-3)11-9-16/h4-11,14H,12-13H2,1-3H3. The zero-order valence-corrected chi connectivity index (χ0v) is 16.5. The summed E-state index contributed by atoms with van der Waals surface area (Å²) in [6.45, 7) is 2.82. The third kappa shape index (κ3) is 4.35. The minimum Gasteiger partial charge on any atom is -0.497 e. The second-order valence-electron chi connectivity index (χ2n) is 6.01. The van der Waals surface area contributed by atoms with E-state index in [4.69, 9.17) is 14.5 Å². The highest BCUT2D eigenvalue weighted by molar-refractivity contribution is 7.14. The summed E-state index contributed by atoms with van der Waals surface area (Å²) in [5, 5.41) is 2.62. The monoisotopic (exact) mass is 382 g/mol. The number of thiazole rings is 1. The molecule has 1 aromatic heterocycles. The molecule has 0 spiro atoms. The van der Waals surface area contributed by atoms with Gasteiger partial charge >= 0.3 is 0 Å². The highest BCUT2D eigenvalue weighted by Gasteiger charge is 2.22. The Balaban J connectivity index is 1.90. The van der Waals surface area contributed by atoms with Crippen molar-refractivity contribution in [2.75, 3.05) is 32.3 Å². The number of anilines is 1. The number of nitrogens with zero attached hydrogens (tertiary/aromatic N) is 2. The predicted molar refractivity (Wildman–Crippen MR) is 109 cm³/mol. The number of aromatic nitrogens is 1. The van der Waals surface area contributed by atoms with Crippen LogP contribution in [0.15, 0.2) is 53.9 Å². The Morgan fingerprint density at radius 1 is 1.11 bits per heavy atom. The van der Waals surface area contributed by atoms with Gasteiger partial charge in [0.05, 0.1) is 26.0 Å². The van der Waals surface area contributed by atoms with Gasteiger partial charge in [0.25, 0.3) is 5.91 Å². The molecule has 0 saturated carbocycles. The number of hydrogen-bond donors (Lipinski definition) is 0. The number of rotatable bonds is 7. The first-order valence-electron chi connectivity index (χ1n) is 8.60. The number of carbonyl (C=O) groups excluding carboxylic acids is 1. The molecule has 3 rings (SSSR count). The van der Waals surface area contributed by atoms with Crippen LogP contribution >= 0.6 is 11.3 Å². The van der Waals surface area contributed by atoms with Crippen LogP contribution in [0.2, 0.25) is 0 Å². The Bertz CT molecular complexity index is 906. The largest absolute Gasteiger partial charge is 0.497 e. The molecule has 0 bridgehead atoms. The molecule has 3 aromatic rings. The molecule has 2 aromatic carbocycles. The van der Waals surface area contributed by atoms with E-state index in [1.165, 1.54) is 11.3 Å². The molecule has 0 fully saturated rings. The van der Waals surface area contributed by atoms with Crippen molar-refractivity contribution in [2.45, 2.75) is 6.92 Å². The quantitative estimate of drug-likeness (QED) is 0.607. The van der Waals surface area contributed by atoms with E-state index in [0.29, 0.717) is 23.8 Å². The molecule has 0 aliphatic rings. The van der Waals surface area contributed by atoms with E-state index >= 15 is 0 Å². The summed E-state index contributed by atoms with van der Waals surface area (Å²) in [6, 6.07) is 15.3. The highest BCUT2D eigenvalue weighted by Crippen LogP contribution is 2.29. The number of hydrogen-bond acceptors (Lipinski definition) is 5. The zero-order chi connectivity index (χ0) is 19.2. The van der Waals surface area contributed by atoms with Gasteiger partial charge in [-0.1, -0.05) is 18.2 Å². The second-order valence-corrected chi connectivity index (χ2v) is 6.84. The minimum absolute atomic E-state index is 0.0687. The van der Waals surface area contributed by atoms with Crippen molar-refractivity contribution >= 4 is 22.4 Å². The third-order valence-electron chi connectivity index (χ3n) is 4.25. The van der Waals surface area contributed by atoms with Crippen LogP contribution in [0.3, 0.4) is 0 Å². The van der Waals surface area contributed by atoms with Crippen LogP contribution in [0.25, 0.3) is 11.3 Å². The van der Waals surface area contributed by atoms with Crippen LogP contribution in [-0.4, -0.2) is 38.3 Å². The highest BCUT2D eigenvalue weighted by atomic mass is 32.1. The summed E-state index contributed by atoms with van der Waals surface area (Å²) in [5.41, 5.74) is 3.43. The smallest absolute Gasteiger partial charge is 0.260 e. The normalized spacial score (nSPS) is 10.6. The van der Waals surface area contributed by atoms with Gasteiger partial charge in [0.1, 0.15) is 5.75 Å². The number of benzene rings is 2. The van der Waals surface area contributed by atoms with Gasteiger partial charge in [-0.2, -0.15) is 0 Å². The van der Waals surface area contributed by atoms with Crippen molar-refractivity contribution in [1.82, 2.24) is 4.98 Å². The molecule has 0 aliphatic heterocycles. The van der Waals surface area contributed by atoms with Crippen LogP contribution in [-0.2, 0) is 4.74 Å². The van der Waals surface area contributed by atoms with Crippen LogP contribution in [0.4, 0.5) is 5.13 Å². The minimum atomic E-state index is -0.0687. The van der Waals surface area contributed by atoms with E-state index in [2.05, 4.69) is 0 Å². The van der Waals surface area contributed by atoms with Crippen molar-refractivity contribution < 1.29 is 14.3 Å². The molecule has 0 unspecified atom stereocenters. The number of methoxy groups -OCH3 is 2. The van der Waals surface area contributed by atoms with E-state index in [-0.39, 0.29) is 5.91 Å². The van der Waals surface area contributed by atoms with Gasteiger partial charge in [-0.15, -0.1) is 11.3 Å². The number of amides is 1. The molecule has 27 heavy (non-hydrogen) atoms. The fourth-order valence-corrected chi connectivity index (χ4v) is 3.57. The van der Waals surface area contributed by atoms with Gasteiger partial charge in [0.2, 0.25) is 0 Å². The maximum atomic E-state index is 13.1. The predicted octanol–water partition coefficient (Wildman–Crippen LogP) is 4.42. The lowest BCUT2D eigenvalue weighted by Crippen LogP contribution is -2.34. The van der Waals surface area contributed by atoms with Crippen LogP contribution < -0.4 is 9.64 Å². The van der Waals surface area contributed by atoms with Crippen LogP contribution in [0.1, 0.15) is 15.9 Å². The van der Waals surface area contributed by atoms with E-state index in [0.717, 1.165) is 22.6 Å². The lowest BCUT2D eigenvalue weighted by atomic mass is 10.1. The Hall–Kier alpha value is -2.70. The zero-order valence-electron chi connectivity index (χ0n) is 15.6.